The SMILES string of the molecule is CN(C)C(=O)c1ccc(OCC(F)F)c(N)c1. The number of nitrogens with two attached hydrogens (primary N) is 1. The number of hydrogen-bond acceptors (Lipinski definition) is 3. The van der Waals surface area contributed by atoms with Crippen LogP contribution in [0, 0.1) is 0 Å². The summed E-state index contributed by atoms with van der Waals surface area (Å²) in [5.74, 6) is -0.0577. The summed E-state index contributed by atoms with van der Waals surface area (Å²) < 4.78 is 28.7. The molecule has 1 rings (SSSR count). The molecule has 1 aromatic rings. The summed E-state index contributed by atoms with van der Waals surface area (Å²) in [6, 6.07) is 4.30. The summed E-state index contributed by atoms with van der Waals surface area (Å²) in [6.45, 7) is -0.717. The number of benzene rings is 1. The van der Waals surface area contributed by atoms with Gasteiger partial charge in [0, 0.05) is 19.7 Å². The van der Waals surface area contributed by atoms with Crippen molar-refractivity contribution in [3.8, 4) is 5.75 Å². The lowest BCUT2D eigenvalue weighted by molar-refractivity contribution is 0.0813. The van der Waals surface area contributed by atoms with Gasteiger partial charge in [-0.3, -0.25) is 4.79 Å². The molecule has 0 fully saturated rings. The molecule has 0 radical (unpaired) electrons. The first-order valence-corrected chi connectivity index (χ1v) is 4.94. The number of nitrogen functional groups attached to an aromatic ring is 1. The monoisotopic (exact) mass is 244 g/mol. The van der Waals surface area contributed by atoms with Crippen LogP contribution in [0.1, 0.15) is 10.4 Å². The van der Waals surface area contributed by atoms with Crippen molar-refractivity contribution in [1.29, 1.82) is 0 Å². The van der Waals surface area contributed by atoms with E-state index in [4.69, 9.17) is 10.5 Å². The van der Waals surface area contributed by atoms with Gasteiger partial charge < -0.3 is 15.4 Å². The lowest BCUT2D eigenvalue weighted by atomic mass is 10.1. The largest absolute Gasteiger partial charge is 0.485 e. The van der Waals surface area contributed by atoms with Gasteiger partial charge in [-0.25, -0.2) is 8.78 Å². The normalized spacial score (nSPS) is 10.4. The van der Waals surface area contributed by atoms with Gasteiger partial charge in [-0.05, 0) is 18.2 Å². The third-order valence-corrected chi connectivity index (χ3v) is 2.03. The molecule has 0 aliphatic rings. The van der Waals surface area contributed by atoms with E-state index in [2.05, 4.69) is 0 Å². The van der Waals surface area contributed by atoms with E-state index < -0.39 is 13.0 Å². The Kier molecular flexibility index (Phi) is 4.25. The number of alkyl halides is 2. The van der Waals surface area contributed by atoms with Gasteiger partial charge in [0.2, 0.25) is 0 Å². The number of hydrogen-bond donors (Lipinski definition) is 1. The Morgan fingerprint density at radius 2 is 2.12 bits per heavy atom. The highest BCUT2D eigenvalue weighted by molar-refractivity contribution is 5.95. The average Bonchev–Trinajstić information content (AvgIpc) is 2.26. The van der Waals surface area contributed by atoms with Crippen LogP contribution in [0.2, 0.25) is 0 Å². The van der Waals surface area contributed by atoms with Gasteiger partial charge in [0.15, 0.2) is 0 Å². The Morgan fingerprint density at radius 1 is 1.47 bits per heavy atom. The van der Waals surface area contributed by atoms with Crippen LogP contribution in [0.5, 0.6) is 5.75 Å². The molecule has 0 unspecified atom stereocenters. The molecular weight excluding hydrogens is 230 g/mol. The number of halogens is 2. The van der Waals surface area contributed by atoms with Crippen LogP contribution in [-0.2, 0) is 0 Å². The van der Waals surface area contributed by atoms with E-state index in [1.807, 2.05) is 0 Å². The van der Waals surface area contributed by atoms with Crippen LogP contribution in [0.4, 0.5) is 14.5 Å². The highest BCUT2D eigenvalue weighted by Crippen LogP contribution is 2.23. The molecule has 6 heteroatoms. The number of nitrogens with zero attached hydrogens (tertiary/aromatic N) is 1. The number of amides is 1. The zero-order valence-electron chi connectivity index (χ0n) is 9.61. The molecule has 0 aliphatic carbocycles. The second-order valence-corrected chi connectivity index (χ2v) is 3.65. The minimum absolute atomic E-state index is 0.153. The van der Waals surface area contributed by atoms with Gasteiger partial charge in [0.05, 0.1) is 5.69 Å². The highest BCUT2D eigenvalue weighted by atomic mass is 19.3. The predicted octanol–water partition coefficient (Wildman–Crippen LogP) is 1.61. The van der Waals surface area contributed by atoms with E-state index in [1.54, 1.807) is 14.1 Å². The van der Waals surface area contributed by atoms with Crippen molar-refractivity contribution in [1.82, 2.24) is 4.90 Å². The van der Waals surface area contributed by atoms with Crippen molar-refractivity contribution in [3.63, 3.8) is 0 Å². The Labute approximate surface area is 98.0 Å². The smallest absolute Gasteiger partial charge is 0.272 e. The molecule has 0 bridgehead atoms. The standard InChI is InChI=1S/C11H14F2N2O2/c1-15(2)11(16)7-3-4-9(8(14)5-7)17-6-10(12)13/h3-5,10H,6,14H2,1-2H3. The van der Waals surface area contributed by atoms with Crippen LogP contribution in [0.3, 0.4) is 0 Å². The quantitative estimate of drug-likeness (QED) is 0.819. The lowest BCUT2D eigenvalue weighted by Gasteiger charge is -2.12. The molecule has 0 atom stereocenters. The summed E-state index contributed by atoms with van der Waals surface area (Å²) in [5.41, 5.74) is 6.16. The molecule has 0 spiro atoms. The van der Waals surface area contributed by atoms with Crippen molar-refractivity contribution in [2.45, 2.75) is 6.43 Å². The number of anilines is 1. The third-order valence-electron chi connectivity index (χ3n) is 2.03. The van der Waals surface area contributed by atoms with Gasteiger partial charge in [0.1, 0.15) is 12.4 Å². The second-order valence-electron chi connectivity index (χ2n) is 3.65. The number of carbonyl (C=O) groups is 1. The molecule has 0 aliphatic heterocycles. The van der Waals surface area contributed by atoms with E-state index in [-0.39, 0.29) is 17.3 Å². The Balaban J connectivity index is 2.83. The molecule has 0 aromatic heterocycles. The molecule has 0 heterocycles. The maximum atomic E-state index is 11.9. The molecular formula is C11H14F2N2O2. The average molecular weight is 244 g/mol. The Bertz CT molecular complexity index is 408. The number of rotatable bonds is 4. The molecule has 4 nitrogen and oxygen atoms in total. The fourth-order valence-corrected chi connectivity index (χ4v) is 1.22. The van der Waals surface area contributed by atoms with Gasteiger partial charge in [0.25, 0.3) is 12.3 Å². The summed E-state index contributed by atoms with van der Waals surface area (Å²) in [5, 5.41) is 0. The van der Waals surface area contributed by atoms with E-state index in [0.29, 0.717) is 5.56 Å². The lowest BCUT2D eigenvalue weighted by Crippen LogP contribution is -2.21. The topological polar surface area (TPSA) is 55.6 Å². The van der Waals surface area contributed by atoms with Crippen LogP contribution >= 0.6 is 0 Å². The van der Waals surface area contributed by atoms with Crippen LogP contribution in [0.25, 0.3) is 0 Å². The first kappa shape index (κ1) is 13.2. The van der Waals surface area contributed by atoms with Crippen molar-refractivity contribution in [2.24, 2.45) is 0 Å². The van der Waals surface area contributed by atoms with E-state index in [0.717, 1.165) is 0 Å². The minimum Gasteiger partial charge on any atom is -0.485 e. The molecule has 0 saturated carbocycles. The van der Waals surface area contributed by atoms with Crippen LogP contribution in [0.15, 0.2) is 18.2 Å². The third kappa shape index (κ3) is 3.58. The summed E-state index contributed by atoms with van der Waals surface area (Å²) in [6.07, 6.45) is -2.56. The fraction of sp³-hybridized carbons (Fsp3) is 0.364. The van der Waals surface area contributed by atoms with Crippen molar-refractivity contribution < 1.29 is 18.3 Å². The number of ether oxygens (including phenoxy) is 1. The zero-order valence-corrected chi connectivity index (χ0v) is 9.61. The first-order chi connectivity index (χ1) is 7.91. The van der Waals surface area contributed by atoms with Crippen molar-refractivity contribution in [2.75, 3.05) is 26.4 Å². The molecule has 1 aromatic carbocycles. The number of carbonyl (C=O) groups excluding carboxylic acids is 1. The predicted molar refractivity (Wildman–Crippen MR) is 60.4 cm³/mol. The molecule has 17 heavy (non-hydrogen) atoms. The van der Waals surface area contributed by atoms with Crippen LogP contribution < -0.4 is 10.5 Å². The fourth-order valence-electron chi connectivity index (χ4n) is 1.22. The minimum atomic E-state index is -2.56. The molecule has 1 amide bonds. The van der Waals surface area contributed by atoms with E-state index >= 15 is 0 Å². The van der Waals surface area contributed by atoms with Gasteiger partial charge in [-0.15, -0.1) is 0 Å². The summed E-state index contributed by atoms with van der Waals surface area (Å²) >= 11 is 0. The first-order valence-electron chi connectivity index (χ1n) is 4.94. The van der Waals surface area contributed by atoms with E-state index in [9.17, 15) is 13.6 Å². The van der Waals surface area contributed by atoms with Gasteiger partial charge >= 0.3 is 0 Å². The Hall–Kier alpha value is -1.85. The maximum absolute atomic E-state index is 11.9. The molecule has 0 saturated heterocycles. The molecule has 94 valence electrons. The van der Waals surface area contributed by atoms with E-state index in [1.165, 1.54) is 23.1 Å². The van der Waals surface area contributed by atoms with Crippen LogP contribution in [-0.4, -0.2) is 37.9 Å². The zero-order chi connectivity index (χ0) is 13.0. The Morgan fingerprint density at radius 3 is 2.59 bits per heavy atom. The highest BCUT2D eigenvalue weighted by Gasteiger charge is 2.11. The summed E-state index contributed by atoms with van der Waals surface area (Å²) in [7, 11) is 3.22. The summed E-state index contributed by atoms with van der Waals surface area (Å²) in [4.78, 5) is 13.0. The van der Waals surface area contributed by atoms with Gasteiger partial charge in [-0.1, -0.05) is 0 Å². The second kappa shape index (κ2) is 5.47. The van der Waals surface area contributed by atoms with Crippen molar-refractivity contribution >= 4 is 11.6 Å². The maximum Gasteiger partial charge on any atom is 0.272 e. The van der Waals surface area contributed by atoms with Gasteiger partial charge in [-0.2, -0.15) is 0 Å². The molecule has 2 N–H and O–H groups in total. The van der Waals surface area contributed by atoms with Crippen molar-refractivity contribution in [3.05, 3.63) is 23.8 Å².